The monoisotopic (exact) mass is 562 g/mol. The van der Waals surface area contributed by atoms with Gasteiger partial charge in [-0.1, -0.05) is 24.3 Å². The fourth-order valence-electron chi connectivity index (χ4n) is 5.37. The molecule has 8 nitrogen and oxygen atoms in total. The molecule has 206 valence electrons. The molecule has 1 aliphatic carbocycles. The van der Waals surface area contributed by atoms with E-state index in [2.05, 4.69) is 10.0 Å². The van der Waals surface area contributed by atoms with Crippen molar-refractivity contribution in [3.8, 4) is 11.3 Å². The van der Waals surface area contributed by atoms with Gasteiger partial charge in [0.1, 0.15) is 17.2 Å². The molecule has 40 heavy (non-hydrogen) atoms. The second-order valence-corrected chi connectivity index (χ2v) is 12.1. The normalized spacial score (nSPS) is 16.8. The lowest BCUT2D eigenvalue weighted by Gasteiger charge is -2.15. The third-order valence-electron chi connectivity index (χ3n) is 7.48. The van der Waals surface area contributed by atoms with Crippen molar-refractivity contribution in [2.24, 2.45) is 0 Å². The minimum Gasteiger partial charge on any atom is -0.455 e. The fourth-order valence-corrected chi connectivity index (χ4v) is 6.53. The Kier molecular flexibility index (Phi) is 6.89. The van der Waals surface area contributed by atoms with Gasteiger partial charge in [-0.05, 0) is 78.5 Å². The Labute approximate surface area is 231 Å². The topological polar surface area (TPSA) is 118 Å². The highest BCUT2D eigenvalue weighted by Gasteiger charge is 2.35. The predicted molar refractivity (Wildman–Crippen MR) is 151 cm³/mol. The first-order valence-electron chi connectivity index (χ1n) is 13.3. The number of sulfonamides is 1. The standard InChI is InChI=1S/C29H28BFN2O6S/c1-32-29(34)27-22-15-21(17-8-9-17)24(16-26(22)38-28(27)18-10-12-19(31)13-11-18)33-40(36,37)14-4-7-25-20-5-2-3-6-23(20)30(35)39-25/h2-3,5-6,10-13,15-17,25,33,35H,4,7-9,14H2,1H3,(H,32,34). The molecule has 0 bridgehead atoms. The minimum absolute atomic E-state index is 0.129. The van der Waals surface area contributed by atoms with Gasteiger partial charge in [0.05, 0.1) is 23.1 Å². The third kappa shape index (κ3) is 5.12. The Morgan fingerprint density at radius 1 is 1.10 bits per heavy atom. The number of benzene rings is 3. The molecular formula is C29H28BFN2O6S. The quantitative estimate of drug-likeness (QED) is 0.260. The van der Waals surface area contributed by atoms with Crippen LogP contribution in [-0.2, 0) is 14.7 Å². The summed E-state index contributed by atoms with van der Waals surface area (Å²) < 4.78 is 54.4. The molecule has 6 rings (SSSR count). The molecular weight excluding hydrogens is 534 g/mol. The molecule has 1 fully saturated rings. The van der Waals surface area contributed by atoms with Crippen LogP contribution in [-0.4, -0.2) is 39.3 Å². The van der Waals surface area contributed by atoms with Crippen molar-refractivity contribution < 1.29 is 31.7 Å². The first-order chi connectivity index (χ1) is 19.2. The lowest BCUT2D eigenvalue weighted by Crippen LogP contribution is -2.27. The molecule has 1 unspecified atom stereocenters. The predicted octanol–water partition coefficient (Wildman–Crippen LogP) is 4.46. The molecule has 3 aromatic carbocycles. The van der Waals surface area contributed by atoms with Crippen LogP contribution in [0.25, 0.3) is 22.3 Å². The molecule has 1 aromatic heterocycles. The summed E-state index contributed by atoms with van der Waals surface area (Å²) in [7, 11) is -3.21. The van der Waals surface area contributed by atoms with Gasteiger partial charge in [0, 0.05) is 24.1 Å². The SMILES string of the molecule is CNC(=O)c1c(-c2ccc(F)cc2)oc2cc(NS(=O)(=O)CCCC3OB(O)c4ccccc43)c(C3CC3)cc12. The zero-order valence-corrected chi connectivity index (χ0v) is 22.6. The number of carbonyl (C=O) groups excluding carboxylic acids is 1. The van der Waals surface area contributed by atoms with E-state index in [4.69, 9.17) is 9.07 Å². The number of hydrogen-bond donors (Lipinski definition) is 3. The molecule has 1 saturated carbocycles. The second-order valence-electron chi connectivity index (χ2n) is 10.3. The number of anilines is 1. The molecule has 0 saturated heterocycles. The maximum atomic E-state index is 13.6. The maximum absolute atomic E-state index is 13.6. The molecule has 0 radical (unpaired) electrons. The van der Waals surface area contributed by atoms with Gasteiger partial charge in [-0.2, -0.15) is 0 Å². The molecule has 1 aliphatic heterocycles. The van der Waals surface area contributed by atoms with Gasteiger partial charge in [-0.3, -0.25) is 9.52 Å². The number of carbonyl (C=O) groups is 1. The summed E-state index contributed by atoms with van der Waals surface area (Å²) in [5, 5.41) is 13.3. The van der Waals surface area contributed by atoms with E-state index in [0.717, 1.165) is 24.0 Å². The maximum Gasteiger partial charge on any atom is 0.491 e. The number of rotatable bonds is 9. The van der Waals surface area contributed by atoms with Crippen LogP contribution in [0.2, 0.25) is 0 Å². The number of nitrogens with one attached hydrogen (secondary N) is 2. The zero-order chi connectivity index (χ0) is 28.0. The van der Waals surface area contributed by atoms with E-state index in [0.29, 0.717) is 46.1 Å². The molecule has 2 aliphatic rings. The number of amides is 1. The van der Waals surface area contributed by atoms with Crippen LogP contribution in [0.5, 0.6) is 0 Å². The summed E-state index contributed by atoms with van der Waals surface area (Å²) in [6.07, 6.45) is 2.24. The molecule has 3 N–H and O–H groups in total. The summed E-state index contributed by atoms with van der Waals surface area (Å²) >= 11 is 0. The molecule has 2 heterocycles. The first kappa shape index (κ1) is 26.6. The minimum atomic E-state index is -3.73. The van der Waals surface area contributed by atoms with Crippen LogP contribution in [0.3, 0.4) is 0 Å². The van der Waals surface area contributed by atoms with Crippen LogP contribution in [0.15, 0.2) is 65.1 Å². The number of hydrogen-bond acceptors (Lipinski definition) is 6. The molecule has 1 atom stereocenters. The smallest absolute Gasteiger partial charge is 0.455 e. The summed E-state index contributed by atoms with van der Waals surface area (Å²) in [5.74, 6) is -0.429. The van der Waals surface area contributed by atoms with Crippen LogP contribution < -0.4 is 15.5 Å². The molecule has 1 amide bonds. The lowest BCUT2D eigenvalue weighted by molar-refractivity contribution is 0.0964. The van der Waals surface area contributed by atoms with Gasteiger partial charge in [0.2, 0.25) is 10.0 Å². The van der Waals surface area contributed by atoms with Crippen LogP contribution >= 0.6 is 0 Å². The van der Waals surface area contributed by atoms with Gasteiger partial charge in [0.15, 0.2) is 0 Å². The first-order valence-corrected chi connectivity index (χ1v) is 14.9. The van der Waals surface area contributed by atoms with Crippen LogP contribution in [0.4, 0.5) is 10.1 Å². The van der Waals surface area contributed by atoms with Crippen molar-refractivity contribution in [1.82, 2.24) is 5.32 Å². The van der Waals surface area contributed by atoms with Crippen molar-refractivity contribution >= 4 is 45.2 Å². The summed E-state index contributed by atoms with van der Waals surface area (Å²) in [6, 6.07) is 16.5. The highest BCUT2D eigenvalue weighted by molar-refractivity contribution is 7.92. The van der Waals surface area contributed by atoms with E-state index >= 15 is 0 Å². The highest BCUT2D eigenvalue weighted by Crippen LogP contribution is 2.47. The van der Waals surface area contributed by atoms with Crippen molar-refractivity contribution in [3.05, 3.63) is 83.2 Å². The van der Waals surface area contributed by atoms with E-state index in [9.17, 15) is 22.6 Å². The van der Waals surface area contributed by atoms with E-state index < -0.39 is 23.0 Å². The third-order valence-corrected chi connectivity index (χ3v) is 8.84. The number of halogens is 1. The Morgan fingerprint density at radius 2 is 1.85 bits per heavy atom. The summed E-state index contributed by atoms with van der Waals surface area (Å²) in [5.41, 5.74) is 4.03. The van der Waals surface area contributed by atoms with Gasteiger partial charge in [-0.25, -0.2) is 12.8 Å². The van der Waals surface area contributed by atoms with E-state index in [-0.39, 0.29) is 29.4 Å². The Balaban J connectivity index is 1.27. The molecule has 4 aromatic rings. The Morgan fingerprint density at radius 3 is 2.58 bits per heavy atom. The Bertz CT molecular complexity index is 1700. The van der Waals surface area contributed by atoms with Crippen LogP contribution in [0.1, 0.15) is 59.2 Å². The largest absolute Gasteiger partial charge is 0.491 e. The number of fused-ring (bicyclic) bond motifs is 2. The van der Waals surface area contributed by atoms with Crippen molar-refractivity contribution in [1.29, 1.82) is 0 Å². The average molecular weight is 562 g/mol. The van der Waals surface area contributed by atoms with Gasteiger partial charge in [-0.15, -0.1) is 0 Å². The van der Waals surface area contributed by atoms with E-state index in [1.807, 2.05) is 24.3 Å². The molecule has 0 spiro atoms. The lowest BCUT2D eigenvalue weighted by atomic mass is 9.79. The van der Waals surface area contributed by atoms with E-state index in [1.165, 1.54) is 31.3 Å². The average Bonchev–Trinajstić information content (AvgIpc) is 3.65. The van der Waals surface area contributed by atoms with Gasteiger partial charge in [0.25, 0.3) is 5.91 Å². The van der Waals surface area contributed by atoms with Crippen molar-refractivity contribution in [3.63, 3.8) is 0 Å². The molecule has 11 heteroatoms. The van der Waals surface area contributed by atoms with Crippen molar-refractivity contribution in [2.75, 3.05) is 17.5 Å². The zero-order valence-electron chi connectivity index (χ0n) is 21.8. The van der Waals surface area contributed by atoms with Gasteiger partial charge < -0.3 is 19.4 Å². The summed E-state index contributed by atoms with van der Waals surface area (Å²) in [4.78, 5) is 12.9. The van der Waals surface area contributed by atoms with Crippen LogP contribution in [0, 0.1) is 5.82 Å². The van der Waals surface area contributed by atoms with Crippen molar-refractivity contribution in [2.45, 2.75) is 37.7 Å². The summed E-state index contributed by atoms with van der Waals surface area (Å²) in [6.45, 7) is 0. The Hall–Kier alpha value is -3.67. The van der Waals surface area contributed by atoms with Gasteiger partial charge >= 0.3 is 7.12 Å². The highest BCUT2D eigenvalue weighted by atomic mass is 32.2. The van der Waals surface area contributed by atoms with E-state index in [1.54, 1.807) is 12.1 Å². The number of furan rings is 1. The fraction of sp³-hybridized carbons (Fsp3) is 0.276. The second kappa shape index (κ2) is 10.4.